The molecule has 0 saturated carbocycles. The molecule has 5 nitrogen and oxygen atoms in total. The van der Waals surface area contributed by atoms with Crippen LogP contribution in [0, 0.1) is 0 Å². The molecule has 0 spiro atoms. The zero-order chi connectivity index (χ0) is 17.0. The summed E-state index contributed by atoms with van der Waals surface area (Å²) in [4.78, 5) is 12.0. The van der Waals surface area contributed by atoms with E-state index in [1.54, 1.807) is 38.3 Å². The zero-order valence-electron chi connectivity index (χ0n) is 12.4. The van der Waals surface area contributed by atoms with Gasteiger partial charge in [0.1, 0.15) is 11.5 Å². The maximum Gasteiger partial charge on any atom is 0.271 e. The highest BCUT2D eigenvalue weighted by atomic mass is 35.5. The van der Waals surface area contributed by atoms with Gasteiger partial charge >= 0.3 is 0 Å². The van der Waals surface area contributed by atoms with E-state index in [9.17, 15) is 9.90 Å². The number of carbonyl (C=O) groups is 1. The van der Waals surface area contributed by atoms with Crippen molar-refractivity contribution in [3.05, 3.63) is 57.6 Å². The summed E-state index contributed by atoms with van der Waals surface area (Å²) in [5, 5.41) is 14.4. The molecule has 0 unspecified atom stereocenters. The lowest BCUT2D eigenvalue weighted by atomic mass is 10.1. The number of hydrazone groups is 1. The molecule has 0 aliphatic rings. The molecule has 23 heavy (non-hydrogen) atoms. The SMILES string of the molecule is COc1ccc(C(=O)N/N=C(\C)c2cc(Cl)cc(Cl)c2O)cc1. The van der Waals surface area contributed by atoms with Crippen molar-refractivity contribution >= 4 is 34.8 Å². The number of phenols is 1. The molecule has 2 aromatic carbocycles. The number of carbonyl (C=O) groups excluding carboxylic acids is 1. The molecule has 0 bridgehead atoms. The minimum absolute atomic E-state index is 0.114. The number of nitrogens with zero attached hydrogens (tertiary/aromatic N) is 1. The fourth-order valence-electron chi connectivity index (χ4n) is 1.84. The first kappa shape index (κ1) is 17.1. The van der Waals surface area contributed by atoms with Crippen molar-refractivity contribution in [2.24, 2.45) is 5.10 Å². The summed E-state index contributed by atoms with van der Waals surface area (Å²) in [6, 6.07) is 9.52. The molecule has 0 radical (unpaired) electrons. The quantitative estimate of drug-likeness (QED) is 0.648. The Kier molecular flexibility index (Phi) is 5.47. The first-order valence-corrected chi connectivity index (χ1v) is 7.35. The highest BCUT2D eigenvalue weighted by Crippen LogP contribution is 2.31. The topological polar surface area (TPSA) is 70.9 Å². The van der Waals surface area contributed by atoms with Crippen LogP contribution in [0.5, 0.6) is 11.5 Å². The molecule has 0 aliphatic heterocycles. The number of phenolic OH excluding ortho intramolecular Hbond substituents is 1. The van der Waals surface area contributed by atoms with Gasteiger partial charge in [-0.3, -0.25) is 4.79 Å². The summed E-state index contributed by atoms with van der Waals surface area (Å²) in [5.74, 6) is 0.121. The molecule has 2 rings (SSSR count). The highest BCUT2D eigenvalue weighted by molar-refractivity contribution is 6.36. The second kappa shape index (κ2) is 7.35. The number of hydrogen-bond donors (Lipinski definition) is 2. The highest BCUT2D eigenvalue weighted by Gasteiger charge is 2.11. The number of benzene rings is 2. The van der Waals surface area contributed by atoms with Crippen LogP contribution in [0.15, 0.2) is 41.5 Å². The molecule has 2 aromatic rings. The zero-order valence-corrected chi connectivity index (χ0v) is 13.9. The lowest BCUT2D eigenvalue weighted by Gasteiger charge is -2.07. The van der Waals surface area contributed by atoms with Crippen molar-refractivity contribution in [2.75, 3.05) is 7.11 Å². The molecule has 0 atom stereocenters. The molecular formula is C16H14Cl2N2O3. The maximum absolute atomic E-state index is 12.0. The Morgan fingerprint density at radius 3 is 2.48 bits per heavy atom. The second-order valence-corrected chi connectivity index (χ2v) is 5.49. The number of nitrogens with one attached hydrogen (secondary N) is 1. The smallest absolute Gasteiger partial charge is 0.271 e. The molecule has 0 saturated heterocycles. The molecule has 0 aliphatic carbocycles. The van der Waals surface area contributed by atoms with E-state index in [1.165, 1.54) is 12.1 Å². The minimum Gasteiger partial charge on any atom is -0.506 e. The Labute approximate surface area is 143 Å². The molecule has 2 N–H and O–H groups in total. The van der Waals surface area contributed by atoms with Gasteiger partial charge in [0, 0.05) is 16.1 Å². The number of amides is 1. The van der Waals surface area contributed by atoms with Gasteiger partial charge in [0.25, 0.3) is 5.91 Å². The van der Waals surface area contributed by atoms with E-state index in [4.69, 9.17) is 27.9 Å². The summed E-state index contributed by atoms with van der Waals surface area (Å²) < 4.78 is 5.03. The second-order valence-electron chi connectivity index (χ2n) is 4.65. The van der Waals surface area contributed by atoms with Crippen molar-refractivity contribution < 1.29 is 14.6 Å². The average Bonchev–Trinajstić information content (AvgIpc) is 2.55. The largest absolute Gasteiger partial charge is 0.506 e. The van der Waals surface area contributed by atoms with Crippen LogP contribution in [0.1, 0.15) is 22.8 Å². The van der Waals surface area contributed by atoms with Crippen LogP contribution in [-0.4, -0.2) is 23.8 Å². The lowest BCUT2D eigenvalue weighted by molar-refractivity contribution is 0.0955. The van der Waals surface area contributed by atoms with Crippen LogP contribution in [0.25, 0.3) is 0 Å². The van der Waals surface area contributed by atoms with Gasteiger partial charge < -0.3 is 9.84 Å². The Hall–Kier alpha value is -2.24. The van der Waals surface area contributed by atoms with Crippen LogP contribution in [0.4, 0.5) is 0 Å². The predicted octanol–water partition coefficient (Wildman–Crippen LogP) is 3.86. The van der Waals surface area contributed by atoms with Gasteiger partial charge in [-0.15, -0.1) is 0 Å². The van der Waals surface area contributed by atoms with Crippen LogP contribution < -0.4 is 10.2 Å². The summed E-state index contributed by atoms with van der Waals surface area (Å²) >= 11 is 11.8. The van der Waals surface area contributed by atoms with Crippen LogP contribution in [0.3, 0.4) is 0 Å². The van der Waals surface area contributed by atoms with Crippen LogP contribution in [-0.2, 0) is 0 Å². The van der Waals surface area contributed by atoms with E-state index in [0.717, 1.165) is 0 Å². The lowest BCUT2D eigenvalue weighted by Crippen LogP contribution is -2.19. The Bertz CT molecular complexity index is 759. The van der Waals surface area contributed by atoms with E-state index in [1.807, 2.05) is 0 Å². The summed E-state index contributed by atoms with van der Waals surface area (Å²) in [6.07, 6.45) is 0. The summed E-state index contributed by atoms with van der Waals surface area (Å²) in [7, 11) is 1.55. The molecule has 1 amide bonds. The summed E-state index contributed by atoms with van der Waals surface area (Å²) in [5.41, 5.74) is 3.55. The van der Waals surface area contributed by atoms with Crippen molar-refractivity contribution in [3.63, 3.8) is 0 Å². The Morgan fingerprint density at radius 1 is 1.22 bits per heavy atom. The van der Waals surface area contributed by atoms with Gasteiger partial charge in [-0.2, -0.15) is 5.10 Å². The third-order valence-corrected chi connectivity index (χ3v) is 3.60. The number of hydrogen-bond acceptors (Lipinski definition) is 4. The van der Waals surface area contributed by atoms with Gasteiger partial charge in [-0.05, 0) is 43.3 Å². The van der Waals surface area contributed by atoms with Gasteiger partial charge in [-0.25, -0.2) is 5.43 Å². The molecule has 0 heterocycles. The Balaban J connectivity index is 2.17. The van der Waals surface area contributed by atoms with E-state index in [0.29, 0.717) is 27.6 Å². The number of halogens is 2. The van der Waals surface area contributed by atoms with E-state index in [-0.39, 0.29) is 16.7 Å². The van der Waals surface area contributed by atoms with Gasteiger partial charge in [0.2, 0.25) is 0 Å². The number of aromatic hydroxyl groups is 1. The third kappa shape index (κ3) is 4.15. The summed E-state index contributed by atoms with van der Waals surface area (Å²) in [6.45, 7) is 1.62. The third-order valence-electron chi connectivity index (χ3n) is 3.10. The van der Waals surface area contributed by atoms with Gasteiger partial charge in [-0.1, -0.05) is 23.2 Å². The minimum atomic E-state index is -0.389. The number of ether oxygens (including phenoxy) is 1. The molecule has 120 valence electrons. The number of methoxy groups -OCH3 is 1. The Morgan fingerprint density at radius 2 is 1.87 bits per heavy atom. The van der Waals surface area contributed by atoms with E-state index in [2.05, 4.69) is 10.5 Å². The fourth-order valence-corrected chi connectivity index (χ4v) is 2.34. The fraction of sp³-hybridized carbons (Fsp3) is 0.125. The van der Waals surface area contributed by atoms with Crippen molar-refractivity contribution in [1.82, 2.24) is 5.43 Å². The maximum atomic E-state index is 12.0. The first-order chi connectivity index (χ1) is 10.9. The number of rotatable bonds is 4. The average molecular weight is 353 g/mol. The monoisotopic (exact) mass is 352 g/mol. The van der Waals surface area contributed by atoms with Gasteiger partial charge in [0.05, 0.1) is 17.8 Å². The van der Waals surface area contributed by atoms with Crippen LogP contribution in [0.2, 0.25) is 10.0 Å². The van der Waals surface area contributed by atoms with Crippen molar-refractivity contribution in [1.29, 1.82) is 0 Å². The predicted molar refractivity (Wildman–Crippen MR) is 90.8 cm³/mol. The van der Waals surface area contributed by atoms with E-state index < -0.39 is 0 Å². The standard InChI is InChI=1S/C16H14Cl2N2O3/c1-9(13-7-11(17)8-14(18)15(13)21)19-20-16(22)10-3-5-12(23-2)6-4-10/h3-8,21H,1-2H3,(H,20,22)/b19-9+. The van der Waals surface area contributed by atoms with Crippen LogP contribution >= 0.6 is 23.2 Å². The molecule has 7 heteroatoms. The van der Waals surface area contributed by atoms with E-state index >= 15 is 0 Å². The normalized spacial score (nSPS) is 11.2. The van der Waals surface area contributed by atoms with Crippen molar-refractivity contribution in [3.8, 4) is 11.5 Å². The van der Waals surface area contributed by atoms with Gasteiger partial charge in [0.15, 0.2) is 0 Å². The first-order valence-electron chi connectivity index (χ1n) is 6.59. The molecule has 0 aromatic heterocycles. The van der Waals surface area contributed by atoms with Crippen molar-refractivity contribution in [2.45, 2.75) is 6.92 Å². The molecular weight excluding hydrogens is 339 g/mol. The molecule has 0 fully saturated rings.